The zero-order valence-electron chi connectivity index (χ0n) is 10.2. The first-order chi connectivity index (χ1) is 8.20. The van der Waals surface area contributed by atoms with E-state index in [1.165, 1.54) is 12.1 Å². The van der Waals surface area contributed by atoms with E-state index in [0.717, 1.165) is 6.07 Å². The minimum Gasteiger partial charge on any atom is -0.325 e. The largest absolute Gasteiger partial charge is 0.325 e. The standard InChI is InChI=1S/C11H15FN2O3S/c1-11(2,13)7-18(17)6-8-4-3-5-9(10(8)12)14(15)16/h3-5H,6-7,13H2,1-2H3. The van der Waals surface area contributed by atoms with Crippen molar-refractivity contribution in [1.82, 2.24) is 0 Å². The summed E-state index contributed by atoms with van der Waals surface area (Å²) in [5.41, 5.74) is 4.56. The second-order valence-corrected chi connectivity index (χ2v) is 6.18. The van der Waals surface area contributed by atoms with Gasteiger partial charge in [0, 0.05) is 33.7 Å². The summed E-state index contributed by atoms with van der Waals surface area (Å²) in [7, 11) is -1.36. The monoisotopic (exact) mass is 274 g/mol. The maximum absolute atomic E-state index is 13.7. The summed E-state index contributed by atoms with van der Waals surface area (Å²) in [5.74, 6) is -0.797. The van der Waals surface area contributed by atoms with Gasteiger partial charge < -0.3 is 5.73 Å². The van der Waals surface area contributed by atoms with Crippen LogP contribution < -0.4 is 5.73 Å². The smallest absolute Gasteiger partial charge is 0.305 e. The second-order valence-electron chi connectivity index (χ2n) is 4.72. The third-order valence-electron chi connectivity index (χ3n) is 2.10. The zero-order chi connectivity index (χ0) is 13.9. The first-order valence-electron chi connectivity index (χ1n) is 5.26. The highest BCUT2D eigenvalue weighted by molar-refractivity contribution is 7.84. The Morgan fingerprint density at radius 1 is 1.50 bits per heavy atom. The van der Waals surface area contributed by atoms with Gasteiger partial charge in [0.05, 0.1) is 10.7 Å². The fourth-order valence-corrected chi connectivity index (χ4v) is 2.96. The molecule has 0 saturated carbocycles. The molecule has 0 fully saturated rings. The molecule has 7 heteroatoms. The van der Waals surface area contributed by atoms with Crippen LogP contribution in [0.1, 0.15) is 19.4 Å². The molecule has 0 aliphatic carbocycles. The lowest BCUT2D eigenvalue weighted by Gasteiger charge is -2.17. The molecular weight excluding hydrogens is 259 g/mol. The van der Waals surface area contributed by atoms with E-state index in [1.54, 1.807) is 13.8 Å². The van der Waals surface area contributed by atoms with Gasteiger partial charge in [-0.2, -0.15) is 4.39 Å². The van der Waals surface area contributed by atoms with Gasteiger partial charge in [-0.1, -0.05) is 12.1 Å². The summed E-state index contributed by atoms with van der Waals surface area (Å²) in [6.07, 6.45) is 0. The van der Waals surface area contributed by atoms with E-state index in [0.29, 0.717) is 0 Å². The lowest BCUT2D eigenvalue weighted by Crippen LogP contribution is -2.38. The normalized spacial score (nSPS) is 13.3. The average Bonchev–Trinajstić information content (AvgIpc) is 2.17. The molecule has 1 unspecified atom stereocenters. The molecule has 5 nitrogen and oxygen atoms in total. The van der Waals surface area contributed by atoms with Gasteiger partial charge in [-0.15, -0.1) is 0 Å². The Kier molecular flexibility index (Phi) is 4.53. The number of hydrogen-bond donors (Lipinski definition) is 1. The molecule has 0 spiro atoms. The van der Waals surface area contributed by atoms with E-state index in [1.807, 2.05) is 0 Å². The van der Waals surface area contributed by atoms with Crippen molar-refractivity contribution < 1.29 is 13.5 Å². The topological polar surface area (TPSA) is 86.2 Å². The number of nitrogens with two attached hydrogens (primary N) is 1. The van der Waals surface area contributed by atoms with Crippen molar-refractivity contribution in [3.8, 4) is 0 Å². The summed E-state index contributed by atoms with van der Waals surface area (Å²) in [6.45, 7) is 3.43. The number of halogens is 1. The second kappa shape index (κ2) is 5.53. The van der Waals surface area contributed by atoms with Crippen LogP contribution >= 0.6 is 0 Å². The molecule has 0 radical (unpaired) electrons. The molecule has 18 heavy (non-hydrogen) atoms. The number of hydrogen-bond acceptors (Lipinski definition) is 4. The van der Waals surface area contributed by atoms with Gasteiger partial charge in [-0.25, -0.2) is 0 Å². The van der Waals surface area contributed by atoms with E-state index in [-0.39, 0.29) is 17.1 Å². The molecular formula is C11H15FN2O3S. The minimum absolute atomic E-state index is 0.0753. The van der Waals surface area contributed by atoms with Crippen molar-refractivity contribution in [2.24, 2.45) is 5.73 Å². The van der Waals surface area contributed by atoms with Crippen LogP contribution in [0, 0.1) is 15.9 Å². The molecule has 0 amide bonds. The van der Waals surface area contributed by atoms with E-state index in [2.05, 4.69) is 0 Å². The Hall–Kier alpha value is -1.34. The van der Waals surface area contributed by atoms with Crippen molar-refractivity contribution in [1.29, 1.82) is 0 Å². The predicted molar refractivity (Wildman–Crippen MR) is 68.0 cm³/mol. The van der Waals surface area contributed by atoms with Gasteiger partial charge in [0.15, 0.2) is 0 Å². The van der Waals surface area contributed by atoms with Crippen LogP contribution in [0.4, 0.5) is 10.1 Å². The molecule has 0 aliphatic rings. The SMILES string of the molecule is CC(C)(N)CS(=O)Cc1cccc([N+](=O)[O-])c1F. The van der Waals surface area contributed by atoms with Gasteiger partial charge in [0.1, 0.15) is 0 Å². The third-order valence-corrected chi connectivity index (χ3v) is 3.80. The minimum atomic E-state index is -1.36. The van der Waals surface area contributed by atoms with Crippen molar-refractivity contribution >= 4 is 16.5 Å². The van der Waals surface area contributed by atoms with Crippen LogP contribution in [0.2, 0.25) is 0 Å². The van der Waals surface area contributed by atoms with Crippen LogP contribution in [-0.2, 0) is 16.6 Å². The number of nitrogens with zero attached hydrogens (tertiary/aromatic N) is 1. The summed E-state index contributed by atoms with van der Waals surface area (Å²) < 4.78 is 25.5. The first kappa shape index (κ1) is 14.7. The number of nitro benzene ring substituents is 1. The Labute approximate surface area is 107 Å². The van der Waals surface area contributed by atoms with Crippen LogP contribution in [0.5, 0.6) is 0 Å². The summed E-state index contributed by atoms with van der Waals surface area (Å²) >= 11 is 0. The van der Waals surface area contributed by atoms with Crippen LogP contribution in [-0.4, -0.2) is 20.4 Å². The quantitative estimate of drug-likeness (QED) is 0.654. The molecule has 1 rings (SSSR count). The zero-order valence-corrected chi connectivity index (χ0v) is 11.0. The van der Waals surface area contributed by atoms with Crippen LogP contribution in [0.25, 0.3) is 0 Å². The highest BCUT2D eigenvalue weighted by Crippen LogP contribution is 2.21. The molecule has 0 aliphatic heterocycles. The van der Waals surface area contributed by atoms with E-state index >= 15 is 0 Å². The molecule has 0 bridgehead atoms. The maximum atomic E-state index is 13.7. The molecule has 0 aromatic heterocycles. The van der Waals surface area contributed by atoms with Crippen molar-refractivity contribution in [3.63, 3.8) is 0 Å². The Balaban J connectivity index is 2.89. The highest BCUT2D eigenvalue weighted by atomic mass is 32.2. The highest BCUT2D eigenvalue weighted by Gasteiger charge is 2.21. The van der Waals surface area contributed by atoms with E-state index in [9.17, 15) is 18.7 Å². The predicted octanol–water partition coefficient (Wildman–Crippen LogP) is 1.72. The summed E-state index contributed by atoms with van der Waals surface area (Å²) in [6, 6.07) is 3.85. The van der Waals surface area contributed by atoms with E-state index < -0.39 is 32.8 Å². The van der Waals surface area contributed by atoms with Crippen LogP contribution in [0.15, 0.2) is 18.2 Å². The van der Waals surface area contributed by atoms with Gasteiger partial charge in [-0.3, -0.25) is 14.3 Å². The molecule has 1 aromatic carbocycles. The van der Waals surface area contributed by atoms with Crippen molar-refractivity contribution in [2.75, 3.05) is 5.75 Å². The number of benzene rings is 1. The van der Waals surface area contributed by atoms with E-state index in [4.69, 9.17) is 5.73 Å². The Bertz CT molecular complexity index is 486. The molecule has 0 heterocycles. The summed E-state index contributed by atoms with van der Waals surface area (Å²) in [5, 5.41) is 10.6. The van der Waals surface area contributed by atoms with Gasteiger partial charge in [0.2, 0.25) is 5.82 Å². The molecule has 2 N–H and O–H groups in total. The van der Waals surface area contributed by atoms with Gasteiger partial charge in [-0.05, 0) is 13.8 Å². The number of nitro groups is 1. The summed E-state index contributed by atoms with van der Waals surface area (Å²) in [4.78, 5) is 9.76. The molecule has 100 valence electrons. The molecule has 1 atom stereocenters. The van der Waals surface area contributed by atoms with Crippen molar-refractivity contribution in [2.45, 2.75) is 25.1 Å². The lowest BCUT2D eigenvalue weighted by atomic mass is 10.1. The molecule has 1 aromatic rings. The molecule has 0 saturated heterocycles. The Morgan fingerprint density at radius 2 is 2.11 bits per heavy atom. The van der Waals surface area contributed by atoms with Crippen LogP contribution in [0.3, 0.4) is 0 Å². The lowest BCUT2D eigenvalue weighted by molar-refractivity contribution is -0.387. The fraction of sp³-hybridized carbons (Fsp3) is 0.455. The third kappa shape index (κ3) is 4.15. The fourth-order valence-electron chi connectivity index (χ4n) is 1.46. The Morgan fingerprint density at radius 3 is 2.61 bits per heavy atom. The van der Waals surface area contributed by atoms with Gasteiger partial charge in [0.25, 0.3) is 0 Å². The first-order valence-corrected chi connectivity index (χ1v) is 6.75. The van der Waals surface area contributed by atoms with Crippen molar-refractivity contribution in [3.05, 3.63) is 39.7 Å². The average molecular weight is 274 g/mol. The van der Waals surface area contributed by atoms with Gasteiger partial charge >= 0.3 is 5.69 Å². The maximum Gasteiger partial charge on any atom is 0.305 e. The number of rotatable bonds is 5.